The van der Waals surface area contributed by atoms with Gasteiger partial charge in [0, 0.05) is 11.9 Å². The van der Waals surface area contributed by atoms with Gasteiger partial charge in [0.15, 0.2) is 10.8 Å². The Kier molecular flexibility index (Phi) is 5.13. The van der Waals surface area contributed by atoms with Gasteiger partial charge in [-0.3, -0.25) is 10.1 Å². The number of carbonyl (C=O) groups excluding carboxylic acids is 2. The summed E-state index contributed by atoms with van der Waals surface area (Å²) in [6.07, 6.45) is 0.807. The van der Waals surface area contributed by atoms with Gasteiger partial charge in [-0.2, -0.15) is 4.52 Å². The van der Waals surface area contributed by atoms with E-state index in [1.54, 1.807) is 11.4 Å². The number of hydrogen-bond donors (Lipinski definition) is 2. The number of rotatable bonds is 5. The number of para-hydroxylation sites is 1. The second-order valence-electron chi connectivity index (χ2n) is 5.40. The summed E-state index contributed by atoms with van der Waals surface area (Å²) in [4.78, 5) is 32.5. The van der Waals surface area contributed by atoms with E-state index in [0.717, 1.165) is 17.3 Å². The fourth-order valence-electron chi connectivity index (χ4n) is 2.30. The maximum atomic E-state index is 11.9. The van der Waals surface area contributed by atoms with Crippen molar-refractivity contribution >= 4 is 40.3 Å². The lowest BCUT2D eigenvalue weighted by molar-refractivity contribution is -0.117. The van der Waals surface area contributed by atoms with Crippen molar-refractivity contribution in [1.82, 2.24) is 30.2 Å². The molecule has 0 unspecified atom stereocenters. The van der Waals surface area contributed by atoms with Crippen LogP contribution in [0.4, 0.5) is 4.79 Å². The zero-order valence-electron chi connectivity index (χ0n) is 13.9. The average Bonchev–Trinajstić information content (AvgIpc) is 2.99. The molecule has 0 atom stereocenters. The average molecular weight is 358 g/mol. The Morgan fingerprint density at radius 3 is 2.84 bits per heavy atom. The van der Waals surface area contributed by atoms with Gasteiger partial charge in [-0.15, -0.1) is 5.10 Å². The highest BCUT2D eigenvalue weighted by atomic mass is 32.2. The van der Waals surface area contributed by atoms with Crippen LogP contribution in [0.25, 0.3) is 16.6 Å². The number of hydrogen-bond acceptors (Lipinski definition) is 6. The highest BCUT2D eigenvalue weighted by Gasteiger charge is 2.14. The number of imide groups is 1. The summed E-state index contributed by atoms with van der Waals surface area (Å²) in [7, 11) is 0. The molecule has 0 spiro atoms. The van der Waals surface area contributed by atoms with Gasteiger partial charge in [-0.25, -0.2) is 14.8 Å². The van der Waals surface area contributed by atoms with Crippen LogP contribution >= 0.6 is 11.8 Å². The summed E-state index contributed by atoms with van der Waals surface area (Å²) in [6, 6.07) is 7.16. The summed E-state index contributed by atoms with van der Waals surface area (Å²) < 4.78 is 1.63. The van der Waals surface area contributed by atoms with Crippen molar-refractivity contribution in [3.8, 4) is 0 Å². The summed E-state index contributed by atoms with van der Waals surface area (Å²) in [5.41, 5.74) is 1.48. The maximum Gasteiger partial charge on any atom is 0.321 e. The van der Waals surface area contributed by atoms with Crippen molar-refractivity contribution < 1.29 is 9.59 Å². The van der Waals surface area contributed by atoms with E-state index in [2.05, 4.69) is 25.7 Å². The lowest BCUT2D eigenvalue weighted by atomic mass is 10.2. The molecule has 0 saturated carbocycles. The minimum absolute atomic E-state index is 0.0545. The molecule has 0 aliphatic carbocycles. The van der Waals surface area contributed by atoms with Crippen LogP contribution in [0.1, 0.15) is 19.2 Å². The third-order valence-corrected chi connectivity index (χ3v) is 4.31. The minimum Gasteiger partial charge on any atom is -0.338 e. The predicted octanol–water partition coefficient (Wildman–Crippen LogP) is 1.91. The van der Waals surface area contributed by atoms with Gasteiger partial charge in [0.1, 0.15) is 5.82 Å². The second kappa shape index (κ2) is 7.47. The number of nitrogens with zero attached hydrogens (tertiary/aromatic N) is 4. The predicted molar refractivity (Wildman–Crippen MR) is 95.6 cm³/mol. The summed E-state index contributed by atoms with van der Waals surface area (Å²) in [5.74, 6) is 0.292. The van der Waals surface area contributed by atoms with Gasteiger partial charge in [0.2, 0.25) is 5.91 Å². The third kappa shape index (κ3) is 3.87. The molecule has 0 aliphatic rings. The Morgan fingerprint density at radius 2 is 2.04 bits per heavy atom. The monoisotopic (exact) mass is 358 g/mol. The SMILES string of the molecule is CCCNC(=O)NC(=O)CSc1nc2ccccc2c2nc(C)nn12. The molecule has 8 nitrogen and oxygen atoms in total. The first-order valence-electron chi connectivity index (χ1n) is 7.91. The molecule has 9 heteroatoms. The number of aryl methyl sites for hydroxylation is 1. The number of amides is 3. The van der Waals surface area contributed by atoms with Crippen LogP contribution in [-0.4, -0.2) is 43.8 Å². The van der Waals surface area contributed by atoms with Crippen LogP contribution in [-0.2, 0) is 4.79 Å². The normalized spacial score (nSPS) is 11.0. The smallest absolute Gasteiger partial charge is 0.321 e. The molecule has 130 valence electrons. The lowest BCUT2D eigenvalue weighted by Crippen LogP contribution is -2.40. The van der Waals surface area contributed by atoms with Gasteiger partial charge in [0.05, 0.1) is 11.3 Å². The van der Waals surface area contributed by atoms with Crippen molar-refractivity contribution in [2.24, 2.45) is 0 Å². The molecule has 0 saturated heterocycles. The topological polar surface area (TPSA) is 101 Å². The molecule has 25 heavy (non-hydrogen) atoms. The second-order valence-corrected chi connectivity index (χ2v) is 6.34. The van der Waals surface area contributed by atoms with Crippen LogP contribution in [0.2, 0.25) is 0 Å². The van der Waals surface area contributed by atoms with Crippen molar-refractivity contribution in [1.29, 1.82) is 0 Å². The van der Waals surface area contributed by atoms with Gasteiger partial charge < -0.3 is 5.32 Å². The van der Waals surface area contributed by atoms with Crippen LogP contribution in [0.5, 0.6) is 0 Å². The Bertz CT molecular complexity index is 939. The summed E-state index contributed by atoms with van der Waals surface area (Å²) in [5, 5.41) is 10.7. The van der Waals surface area contributed by atoms with Gasteiger partial charge >= 0.3 is 6.03 Å². The molecule has 3 aromatic rings. The van der Waals surface area contributed by atoms with Crippen LogP contribution < -0.4 is 10.6 Å². The summed E-state index contributed by atoms with van der Waals surface area (Å²) >= 11 is 1.21. The zero-order chi connectivity index (χ0) is 17.8. The molecule has 0 fully saturated rings. The van der Waals surface area contributed by atoms with Crippen molar-refractivity contribution in [3.63, 3.8) is 0 Å². The van der Waals surface area contributed by atoms with Crippen molar-refractivity contribution in [2.45, 2.75) is 25.4 Å². The molecular weight excluding hydrogens is 340 g/mol. The fourth-order valence-corrected chi connectivity index (χ4v) is 3.05. The number of carbonyl (C=O) groups is 2. The molecule has 0 radical (unpaired) electrons. The zero-order valence-corrected chi connectivity index (χ0v) is 14.8. The molecule has 0 aliphatic heterocycles. The van der Waals surface area contributed by atoms with Crippen LogP contribution in [0.3, 0.4) is 0 Å². The molecule has 2 N–H and O–H groups in total. The molecule has 2 heterocycles. The molecule has 0 bridgehead atoms. The third-order valence-electron chi connectivity index (χ3n) is 3.38. The van der Waals surface area contributed by atoms with E-state index in [9.17, 15) is 9.59 Å². The number of fused-ring (bicyclic) bond motifs is 3. The van der Waals surface area contributed by atoms with E-state index < -0.39 is 11.9 Å². The van der Waals surface area contributed by atoms with Crippen LogP contribution in [0.15, 0.2) is 29.4 Å². The van der Waals surface area contributed by atoms with E-state index in [1.807, 2.05) is 31.2 Å². The van der Waals surface area contributed by atoms with E-state index >= 15 is 0 Å². The molecule has 1 aromatic carbocycles. The number of urea groups is 1. The first-order valence-corrected chi connectivity index (χ1v) is 8.89. The van der Waals surface area contributed by atoms with Crippen molar-refractivity contribution in [3.05, 3.63) is 30.1 Å². The fraction of sp³-hybridized carbons (Fsp3) is 0.312. The molecule has 3 rings (SSSR count). The number of thioether (sulfide) groups is 1. The van der Waals surface area contributed by atoms with Gasteiger partial charge in [0.25, 0.3) is 0 Å². The van der Waals surface area contributed by atoms with E-state index in [1.165, 1.54) is 11.8 Å². The first-order chi connectivity index (χ1) is 12.1. The van der Waals surface area contributed by atoms with Crippen LogP contribution in [0, 0.1) is 6.92 Å². The van der Waals surface area contributed by atoms with E-state index in [-0.39, 0.29) is 5.75 Å². The molecule has 2 aromatic heterocycles. The standard InChI is InChI=1S/C16H18N6O2S/c1-3-8-17-15(24)20-13(23)9-25-16-19-12-7-5-4-6-11(12)14-18-10(2)21-22(14)16/h4-7H,3,8-9H2,1-2H3,(H2,17,20,23,24). The Morgan fingerprint density at radius 1 is 1.24 bits per heavy atom. The number of aromatic nitrogens is 4. The van der Waals surface area contributed by atoms with E-state index in [4.69, 9.17) is 0 Å². The van der Waals surface area contributed by atoms with Crippen molar-refractivity contribution in [2.75, 3.05) is 12.3 Å². The molecular formula is C16H18N6O2S. The van der Waals surface area contributed by atoms with E-state index in [0.29, 0.717) is 23.2 Å². The Labute approximate surface area is 148 Å². The highest BCUT2D eigenvalue weighted by Crippen LogP contribution is 2.23. The lowest BCUT2D eigenvalue weighted by Gasteiger charge is -2.07. The Balaban J connectivity index is 1.79. The quantitative estimate of drug-likeness (QED) is 0.534. The van der Waals surface area contributed by atoms with Gasteiger partial charge in [-0.05, 0) is 25.5 Å². The minimum atomic E-state index is -0.485. The number of nitrogens with one attached hydrogen (secondary N) is 2. The first kappa shape index (κ1) is 17.2. The largest absolute Gasteiger partial charge is 0.338 e. The Hall–Kier alpha value is -2.68. The maximum absolute atomic E-state index is 11.9. The number of benzene rings is 1. The van der Waals surface area contributed by atoms with Gasteiger partial charge in [-0.1, -0.05) is 30.8 Å². The highest BCUT2D eigenvalue weighted by molar-refractivity contribution is 7.99. The summed E-state index contributed by atoms with van der Waals surface area (Å²) in [6.45, 7) is 4.27. The molecule has 3 amide bonds.